The number of hydrogen-bond acceptors (Lipinski definition) is 4. The van der Waals surface area contributed by atoms with E-state index >= 15 is 0 Å². The minimum absolute atomic E-state index is 0.0585. The smallest absolute Gasteiger partial charge is 0.0855 e. The van der Waals surface area contributed by atoms with Crippen LogP contribution in [0, 0.1) is 28.6 Å². The summed E-state index contributed by atoms with van der Waals surface area (Å²) >= 11 is 0. The van der Waals surface area contributed by atoms with Gasteiger partial charge in [0.1, 0.15) is 0 Å². The first-order chi connectivity index (χ1) is 10.8. The maximum atomic E-state index is 10.9. The monoisotopic (exact) mass is 322 g/mol. The third kappa shape index (κ3) is 2.05. The molecule has 4 aliphatic rings. The molecule has 0 saturated heterocycles. The van der Waals surface area contributed by atoms with Gasteiger partial charge in [0.25, 0.3) is 0 Å². The Kier molecular flexibility index (Phi) is 3.52. The lowest BCUT2D eigenvalue weighted by molar-refractivity contribution is -0.110. The number of rotatable bonds is 0. The second-order valence-electron chi connectivity index (χ2n) is 9.08. The van der Waals surface area contributed by atoms with Crippen LogP contribution in [-0.2, 0) is 0 Å². The molecule has 9 atom stereocenters. The van der Waals surface area contributed by atoms with Crippen LogP contribution in [0.3, 0.4) is 0 Å². The fourth-order valence-electron chi connectivity index (χ4n) is 6.62. The molecular weight excluding hydrogens is 292 g/mol. The Morgan fingerprint density at radius 3 is 2.48 bits per heavy atom. The van der Waals surface area contributed by atoms with Crippen molar-refractivity contribution in [2.24, 2.45) is 28.6 Å². The van der Waals surface area contributed by atoms with Crippen molar-refractivity contribution in [1.29, 1.82) is 0 Å². The van der Waals surface area contributed by atoms with Crippen molar-refractivity contribution >= 4 is 0 Å². The zero-order valence-electron chi connectivity index (χ0n) is 14.2. The van der Waals surface area contributed by atoms with Gasteiger partial charge >= 0.3 is 0 Å². The zero-order chi connectivity index (χ0) is 16.6. The average Bonchev–Trinajstić information content (AvgIpc) is 2.73. The van der Waals surface area contributed by atoms with Gasteiger partial charge < -0.3 is 20.4 Å². The van der Waals surface area contributed by atoms with Crippen LogP contribution < -0.4 is 0 Å². The van der Waals surface area contributed by atoms with E-state index < -0.39 is 18.3 Å². The van der Waals surface area contributed by atoms with E-state index in [4.69, 9.17) is 0 Å². The summed E-state index contributed by atoms with van der Waals surface area (Å²) in [5.74, 6) is 0.674. The third-order valence-electron chi connectivity index (χ3n) is 8.08. The fraction of sp³-hybridized carbons (Fsp3) is 0.895. The van der Waals surface area contributed by atoms with Crippen LogP contribution in [0.15, 0.2) is 11.6 Å². The Morgan fingerprint density at radius 1 is 1.00 bits per heavy atom. The molecule has 3 fully saturated rings. The molecular formula is C19H30O4. The summed E-state index contributed by atoms with van der Waals surface area (Å²) in [7, 11) is 0. The van der Waals surface area contributed by atoms with Crippen LogP contribution in [0.5, 0.6) is 0 Å². The van der Waals surface area contributed by atoms with Gasteiger partial charge in [0, 0.05) is 0 Å². The maximum Gasteiger partial charge on any atom is 0.0855 e. The Balaban J connectivity index is 1.73. The molecule has 4 nitrogen and oxygen atoms in total. The predicted octanol–water partition coefficient (Wildman–Crippen LogP) is 1.61. The molecule has 4 N–H and O–H groups in total. The van der Waals surface area contributed by atoms with E-state index in [2.05, 4.69) is 13.8 Å². The van der Waals surface area contributed by atoms with Crippen molar-refractivity contribution in [3.63, 3.8) is 0 Å². The summed E-state index contributed by atoms with van der Waals surface area (Å²) in [5.41, 5.74) is 1.01. The molecule has 4 heteroatoms. The van der Waals surface area contributed by atoms with E-state index in [1.165, 1.54) is 5.57 Å². The summed E-state index contributed by atoms with van der Waals surface area (Å²) in [6.45, 7) is 4.40. The molecule has 4 aliphatic carbocycles. The third-order valence-corrected chi connectivity index (χ3v) is 8.08. The second-order valence-corrected chi connectivity index (χ2v) is 9.08. The minimum atomic E-state index is -0.674. The van der Waals surface area contributed by atoms with Crippen molar-refractivity contribution in [2.75, 3.05) is 0 Å². The van der Waals surface area contributed by atoms with Gasteiger partial charge in [0.15, 0.2) is 0 Å². The lowest BCUT2D eigenvalue weighted by Crippen LogP contribution is -2.55. The number of aliphatic hydroxyl groups is 4. The van der Waals surface area contributed by atoms with Crippen molar-refractivity contribution in [3.8, 4) is 0 Å². The second kappa shape index (κ2) is 5.04. The molecule has 0 bridgehead atoms. The molecule has 0 radical (unpaired) electrons. The summed E-state index contributed by atoms with van der Waals surface area (Å²) in [6, 6.07) is 0. The molecule has 0 heterocycles. The molecule has 0 aromatic heterocycles. The summed E-state index contributed by atoms with van der Waals surface area (Å²) in [4.78, 5) is 0. The first kappa shape index (κ1) is 16.1. The Morgan fingerprint density at radius 2 is 1.74 bits per heavy atom. The maximum absolute atomic E-state index is 10.9. The molecule has 3 saturated carbocycles. The molecule has 0 aromatic rings. The van der Waals surface area contributed by atoms with Crippen LogP contribution in [-0.4, -0.2) is 44.8 Å². The van der Waals surface area contributed by atoms with Gasteiger partial charge in [-0.05, 0) is 67.1 Å². The van der Waals surface area contributed by atoms with Crippen LogP contribution in [0.2, 0.25) is 0 Å². The summed E-state index contributed by atoms with van der Waals surface area (Å²) < 4.78 is 0. The average molecular weight is 322 g/mol. The van der Waals surface area contributed by atoms with Gasteiger partial charge in [0.05, 0.1) is 24.4 Å². The lowest BCUT2D eigenvalue weighted by atomic mass is 9.47. The predicted molar refractivity (Wildman–Crippen MR) is 86.5 cm³/mol. The number of fused-ring (bicyclic) bond motifs is 5. The highest BCUT2D eigenvalue weighted by Gasteiger charge is 2.62. The lowest BCUT2D eigenvalue weighted by Gasteiger charge is -2.58. The van der Waals surface area contributed by atoms with Gasteiger partial charge in [-0.15, -0.1) is 0 Å². The van der Waals surface area contributed by atoms with E-state index in [-0.39, 0.29) is 28.8 Å². The molecule has 0 aliphatic heterocycles. The molecule has 0 amide bonds. The Hall–Kier alpha value is -0.420. The Labute approximate surface area is 138 Å². The molecule has 4 rings (SSSR count). The van der Waals surface area contributed by atoms with Crippen LogP contribution in [0.4, 0.5) is 0 Å². The summed E-state index contributed by atoms with van der Waals surface area (Å²) in [5, 5.41) is 41.6. The van der Waals surface area contributed by atoms with Crippen LogP contribution >= 0.6 is 0 Å². The Bertz CT molecular complexity index is 531. The van der Waals surface area contributed by atoms with Gasteiger partial charge in [-0.2, -0.15) is 0 Å². The topological polar surface area (TPSA) is 80.9 Å². The molecule has 130 valence electrons. The van der Waals surface area contributed by atoms with Gasteiger partial charge in [-0.25, -0.2) is 0 Å². The highest BCUT2D eigenvalue weighted by molar-refractivity contribution is 5.28. The number of hydrogen-bond donors (Lipinski definition) is 4. The molecule has 0 spiro atoms. The van der Waals surface area contributed by atoms with Crippen molar-refractivity contribution < 1.29 is 20.4 Å². The molecule has 0 aromatic carbocycles. The first-order valence-corrected chi connectivity index (χ1v) is 9.21. The van der Waals surface area contributed by atoms with Gasteiger partial charge in [-0.1, -0.05) is 25.5 Å². The highest BCUT2D eigenvalue weighted by Crippen LogP contribution is 2.64. The van der Waals surface area contributed by atoms with E-state index in [1.807, 2.05) is 6.08 Å². The molecule has 6 unspecified atom stereocenters. The molecule has 23 heavy (non-hydrogen) atoms. The van der Waals surface area contributed by atoms with Crippen molar-refractivity contribution in [1.82, 2.24) is 0 Å². The minimum Gasteiger partial charge on any atom is -0.393 e. The van der Waals surface area contributed by atoms with E-state index in [0.717, 1.165) is 25.7 Å². The van der Waals surface area contributed by atoms with E-state index in [1.54, 1.807) is 0 Å². The van der Waals surface area contributed by atoms with E-state index in [0.29, 0.717) is 18.8 Å². The normalized spacial score (nSPS) is 58.9. The first-order valence-electron chi connectivity index (χ1n) is 9.21. The SMILES string of the molecule is CC12CC[C@@H](O)CC1=C[C@@H](O)C1C2CCC2(C)C1C[C@@H](O)C2O. The summed E-state index contributed by atoms with van der Waals surface area (Å²) in [6.07, 6.45) is 4.85. The number of aliphatic hydroxyl groups excluding tert-OH is 4. The highest BCUT2D eigenvalue weighted by atomic mass is 16.3. The standard InChI is InChI=1S/C19H30O4/c1-18-5-3-11(20)7-10(18)8-14(21)16-12(18)4-6-19(2)13(16)9-15(22)17(19)23/h8,11-17,20-23H,3-7,9H2,1-2H3/t11-,12?,13?,14-,15-,16?,17?,18?,19?/m1/s1. The van der Waals surface area contributed by atoms with Gasteiger partial charge in [-0.3, -0.25) is 0 Å². The van der Waals surface area contributed by atoms with Crippen LogP contribution in [0.25, 0.3) is 0 Å². The zero-order valence-corrected chi connectivity index (χ0v) is 14.2. The fourth-order valence-corrected chi connectivity index (χ4v) is 6.62. The van der Waals surface area contributed by atoms with Crippen molar-refractivity contribution in [3.05, 3.63) is 11.6 Å². The van der Waals surface area contributed by atoms with Gasteiger partial charge in [0.2, 0.25) is 0 Å². The van der Waals surface area contributed by atoms with E-state index in [9.17, 15) is 20.4 Å². The van der Waals surface area contributed by atoms with Crippen LogP contribution in [0.1, 0.15) is 52.4 Å². The quantitative estimate of drug-likeness (QED) is 0.511. The largest absolute Gasteiger partial charge is 0.393 e. The van der Waals surface area contributed by atoms with Crippen molar-refractivity contribution in [2.45, 2.75) is 76.8 Å².